The van der Waals surface area contributed by atoms with Crippen LogP contribution >= 0.6 is 0 Å². The van der Waals surface area contributed by atoms with Crippen molar-refractivity contribution >= 4 is 5.97 Å². The van der Waals surface area contributed by atoms with Gasteiger partial charge in [-0.05, 0) is 37.6 Å². The van der Waals surface area contributed by atoms with Crippen molar-refractivity contribution in [1.82, 2.24) is 20.2 Å². The summed E-state index contributed by atoms with van der Waals surface area (Å²) in [6, 6.07) is -0.258. The fourth-order valence-corrected chi connectivity index (χ4v) is 2.57. The lowest BCUT2D eigenvalue weighted by Crippen LogP contribution is -2.16. The van der Waals surface area contributed by atoms with E-state index in [0.29, 0.717) is 12.2 Å². The van der Waals surface area contributed by atoms with Gasteiger partial charge in [0.1, 0.15) is 11.5 Å². The molecule has 0 aliphatic rings. The number of carboxylic acids is 1. The first-order valence-corrected chi connectivity index (χ1v) is 7.02. The molecule has 0 fully saturated rings. The molecular weight excluding hydrogens is 272 g/mol. The number of furan rings is 1. The zero-order chi connectivity index (χ0) is 15.6. The van der Waals surface area contributed by atoms with Gasteiger partial charge in [0.2, 0.25) is 0 Å². The lowest BCUT2D eigenvalue weighted by atomic mass is 10.1. The minimum atomic E-state index is -0.855. The van der Waals surface area contributed by atoms with Gasteiger partial charge < -0.3 is 9.52 Å². The van der Waals surface area contributed by atoms with Crippen LogP contribution in [0.3, 0.4) is 0 Å². The van der Waals surface area contributed by atoms with Crippen LogP contribution < -0.4 is 0 Å². The van der Waals surface area contributed by atoms with E-state index in [2.05, 4.69) is 15.5 Å². The van der Waals surface area contributed by atoms with Gasteiger partial charge in [0, 0.05) is 5.56 Å². The maximum absolute atomic E-state index is 11.1. The average molecular weight is 292 g/mol. The van der Waals surface area contributed by atoms with Crippen LogP contribution in [0, 0.1) is 20.8 Å². The van der Waals surface area contributed by atoms with Crippen molar-refractivity contribution in [3.63, 3.8) is 0 Å². The second kappa shape index (κ2) is 6.07. The van der Waals surface area contributed by atoms with Gasteiger partial charge in [0.15, 0.2) is 5.82 Å². The molecule has 1 unspecified atom stereocenters. The van der Waals surface area contributed by atoms with Crippen LogP contribution in [0.5, 0.6) is 0 Å². The fraction of sp³-hybridized carbons (Fsp3) is 0.571. The molecular formula is C14H20N4O3. The van der Waals surface area contributed by atoms with Crippen LogP contribution in [0.4, 0.5) is 0 Å². The topological polar surface area (TPSA) is 94.0 Å². The van der Waals surface area contributed by atoms with Crippen LogP contribution in [-0.4, -0.2) is 31.3 Å². The van der Waals surface area contributed by atoms with Crippen LogP contribution in [0.15, 0.2) is 4.42 Å². The Morgan fingerprint density at radius 3 is 2.57 bits per heavy atom. The molecule has 2 rings (SSSR count). The maximum atomic E-state index is 11.1. The molecule has 0 aliphatic heterocycles. The highest BCUT2D eigenvalue weighted by Gasteiger charge is 2.24. The molecule has 114 valence electrons. The molecule has 0 bridgehead atoms. The summed E-state index contributed by atoms with van der Waals surface area (Å²) in [6.07, 6.45) is 1.57. The third kappa shape index (κ3) is 2.96. The number of hydrogen-bond acceptors (Lipinski definition) is 5. The summed E-state index contributed by atoms with van der Waals surface area (Å²) in [4.78, 5) is 11.1. The molecule has 21 heavy (non-hydrogen) atoms. The molecule has 2 aromatic rings. The molecule has 2 aromatic heterocycles. The lowest BCUT2D eigenvalue weighted by molar-refractivity contribution is -0.138. The van der Waals surface area contributed by atoms with Crippen molar-refractivity contribution in [3.8, 4) is 11.4 Å². The Hall–Kier alpha value is -2.18. The van der Waals surface area contributed by atoms with E-state index >= 15 is 0 Å². The third-order valence-electron chi connectivity index (χ3n) is 3.66. The Kier molecular flexibility index (Phi) is 4.40. The predicted molar refractivity (Wildman–Crippen MR) is 75.9 cm³/mol. The van der Waals surface area contributed by atoms with Gasteiger partial charge in [0.05, 0.1) is 18.0 Å². The minimum absolute atomic E-state index is 0.000802. The van der Waals surface area contributed by atoms with Crippen molar-refractivity contribution in [2.75, 3.05) is 0 Å². The smallest absolute Gasteiger partial charge is 0.305 e. The van der Waals surface area contributed by atoms with Crippen LogP contribution in [-0.2, 0) is 4.79 Å². The fourth-order valence-electron chi connectivity index (χ4n) is 2.57. The van der Waals surface area contributed by atoms with Gasteiger partial charge in [-0.25, -0.2) is 4.68 Å². The zero-order valence-corrected chi connectivity index (χ0v) is 12.8. The summed E-state index contributed by atoms with van der Waals surface area (Å²) in [5.41, 5.74) is 1.83. The SMILES string of the molecule is CCCC(CC(=O)O)n1nnnc1-c1c(C)oc(C)c1C. The Labute approximate surface area is 123 Å². The van der Waals surface area contributed by atoms with Gasteiger partial charge in [-0.1, -0.05) is 13.3 Å². The van der Waals surface area contributed by atoms with Crippen molar-refractivity contribution in [2.45, 2.75) is 53.0 Å². The van der Waals surface area contributed by atoms with Gasteiger partial charge >= 0.3 is 5.97 Å². The van der Waals surface area contributed by atoms with E-state index in [0.717, 1.165) is 29.1 Å². The second-order valence-electron chi connectivity index (χ2n) is 5.20. The van der Waals surface area contributed by atoms with Crippen molar-refractivity contribution in [3.05, 3.63) is 17.1 Å². The Balaban J connectivity index is 2.48. The molecule has 1 atom stereocenters. The number of aromatic nitrogens is 4. The van der Waals surface area contributed by atoms with Crippen molar-refractivity contribution in [1.29, 1.82) is 0 Å². The van der Waals surface area contributed by atoms with E-state index < -0.39 is 5.97 Å². The van der Waals surface area contributed by atoms with Crippen molar-refractivity contribution < 1.29 is 14.3 Å². The average Bonchev–Trinajstić information content (AvgIpc) is 2.94. The highest BCUT2D eigenvalue weighted by Crippen LogP contribution is 2.32. The standard InChI is InChI=1S/C14H20N4O3/c1-5-6-11(7-12(19)20)18-14(15-16-17-18)13-8(2)9(3)21-10(13)4/h11H,5-7H2,1-4H3,(H,19,20). The summed E-state index contributed by atoms with van der Waals surface area (Å²) in [7, 11) is 0. The third-order valence-corrected chi connectivity index (χ3v) is 3.66. The van der Waals surface area contributed by atoms with E-state index in [-0.39, 0.29) is 12.5 Å². The van der Waals surface area contributed by atoms with Gasteiger partial charge in [-0.15, -0.1) is 5.10 Å². The number of aryl methyl sites for hydroxylation is 2. The first-order chi connectivity index (χ1) is 9.95. The van der Waals surface area contributed by atoms with Crippen LogP contribution in [0.2, 0.25) is 0 Å². The number of carbonyl (C=O) groups is 1. The second-order valence-corrected chi connectivity index (χ2v) is 5.20. The predicted octanol–water partition coefficient (Wildman–Crippen LogP) is 2.67. The monoisotopic (exact) mass is 292 g/mol. The van der Waals surface area contributed by atoms with Crippen LogP contribution in [0.1, 0.15) is 49.3 Å². The van der Waals surface area contributed by atoms with E-state index in [4.69, 9.17) is 9.52 Å². The zero-order valence-electron chi connectivity index (χ0n) is 12.8. The van der Waals surface area contributed by atoms with Gasteiger partial charge in [-0.3, -0.25) is 4.79 Å². The van der Waals surface area contributed by atoms with Crippen LogP contribution in [0.25, 0.3) is 11.4 Å². The molecule has 0 aliphatic carbocycles. The van der Waals surface area contributed by atoms with E-state index in [1.165, 1.54) is 0 Å². The molecule has 7 heteroatoms. The summed E-state index contributed by atoms with van der Waals surface area (Å²) < 4.78 is 7.23. The highest BCUT2D eigenvalue weighted by molar-refractivity contribution is 5.68. The summed E-state index contributed by atoms with van der Waals surface area (Å²) >= 11 is 0. The lowest BCUT2D eigenvalue weighted by Gasteiger charge is -2.15. The number of tetrazole rings is 1. The maximum Gasteiger partial charge on any atom is 0.305 e. The quantitative estimate of drug-likeness (QED) is 0.879. The van der Waals surface area contributed by atoms with Crippen molar-refractivity contribution in [2.24, 2.45) is 0 Å². The minimum Gasteiger partial charge on any atom is -0.481 e. The molecule has 2 heterocycles. The molecule has 0 spiro atoms. The molecule has 0 saturated carbocycles. The Bertz CT molecular complexity index is 645. The molecule has 0 radical (unpaired) electrons. The Morgan fingerprint density at radius 1 is 1.33 bits per heavy atom. The first-order valence-electron chi connectivity index (χ1n) is 7.02. The van der Waals surface area contributed by atoms with E-state index in [1.54, 1.807) is 4.68 Å². The van der Waals surface area contributed by atoms with E-state index in [9.17, 15) is 4.79 Å². The van der Waals surface area contributed by atoms with Gasteiger partial charge in [0.25, 0.3) is 0 Å². The molecule has 0 aromatic carbocycles. The number of aliphatic carboxylic acids is 1. The Morgan fingerprint density at radius 2 is 2.05 bits per heavy atom. The summed E-state index contributed by atoms with van der Waals surface area (Å²) in [6.45, 7) is 7.71. The first kappa shape index (κ1) is 15.2. The van der Waals surface area contributed by atoms with Gasteiger partial charge in [-0.2, -0.15) is 0 Å². The number of nitrogens with zero attached hydrogens (tertiary/aromatic N) is 4. The molecule has 0 amide bonds. The summed E-state index contributed by atoms with van der Waals surface area (Å²) in [5, 5.41) is 20.9. The number of hydrogen-bond donors (Lipinski definition) is 1. The molecule has 7 nitrogen and oxygen atoms in total. The van der Waals surface area contributed by atoms with E-state index in [1.807, 2.05) is 27.7 Å². The number of carboxylic acid groups (broad SMARTS) is 1. The molecule has 1 N–H and O–H groups in total. The normalized spacial score (nSPS) is 12.6. The largest absolute Gasteiger partial charge is 0.481 e. The highest BCUT2D eigenvalue weighted by atomic mass is 16.4. The molecule has 0 saturated heterocycles. The summed E-state index contributed by atoms with van der Waals surface area (Å²) in [5.74, 6) is 1.28. The number of rotatable bonds is 6.